The van der Waals surface area contributed by atoms with Gasteiger partial charge in [0, 0.05) is 10.9 Å². The lowest BCUT2D eigenvalue weighted by molar-refractivity contribution is 0.318. The molecule has 1 aliphatic carbocycles. The molecule has 0 saturated carbocycles. The van der Waals surface area contributed by atoms with Gasteiger partial charge in [-0.1, -0.05) is 25.9 Å². The van der Waals surface area contributed by atoms with E-state index in [0.29, 0.717) is 11.2 Å². The van der Waals surface area contributed by atoms with Crippen molar-refractivity contribution in [2.75, 3.05) is 0 Å². The van der Waals surface area contributed by atoms with Gasteiger partial charge in [0.15, 0.2) is 5.84 Å². The highest BCUT2D eigenvalue weighted by molar-refractivity contribution is 7.99. The summed E-state index contributed by atoms with van der Waals surface area (Å²) in [6.07, 6.45) is 3.22. The molecule has 3 N–H and O–H groups in total. The number of fused-ring (bicyclic) bond motifs is 1. The number of aromatic nitrogens is 1. The zero-order valence-corrected chi connectivity index (χ0v) is 12.5. The van der Waals surface area contributed by atoms with Crippen molar-refractivity contribution >= 4 is 17.6 Å². The largest absolute Gasteiger partial charge is 0.409 e. The Labute approximate surface area is 118 Å². The molecule has 0 aliphatic heterocycles. The first-order valence-electron chi connectivity index (χ1n) is 6.70. The van der Waals surface area contributed by atoms with Crippen molar-refractivity contribution < 1.29 is 5.21 Å². The average molecular weight is 279 g/mol. The van der Waals surface area contributed by atoms with E-state index in [2.05, 4.69) is 25.9 Å². The zero-order chi connectivity index (χ0) is 14.0. The highest BCUT2D eigenvalue weighted by Gasteiger charge is 2.21. The zero-order valence-electron chi connectivity index (χ0n) is 11.7. The van der Waals surface area contributed by atoms with Gasteiger partial charge in [0.2, 0.25) is 0 Å². The molecule has 0 radical (unpaired) electrons. The molecule has 0 saturated heterocycles. The standard InChI is InChI=1S/C14H21N3OS/c1-8(2)9(3)19-14-11(13(15)17-18)7-10-5-4-6-12(10)16-14/h7-9,18H,4-6H2,1-3H3,(H2,15,17). The van der Waals surface area contributed by atoms with Gasteiger partial charge in [0.1, 0.15) is 5.03 Å². The van der Waals surface area contributed by atoms with Crippen molar-refractivity contribution in [2.24, 2.45) is 16.8 Å². The molecule has 2 rings (SSSR count). The first-order chi connectivity index (χ1) is 9.02. The van der Waals surface area contributed by atoms with E-state index in [0.717, 1.165) is 29.9 Å². The Hall–Kier alpha value is -1.23. The summed E-state index contributed by atoms with van der Waals surface area (Å²) in [4.78, 5) is 4.74. The van der Waals surface area contributed by atoms with E-state index in [1.54, 1.807) is 11.8 Å². The molecule has 19 heavy (non-hydrogen) atoms. The molecule has 1 aliphatic rings. The number of thioether (sulfide) groups is 1. The summed E-state index contributed by atoms with van der Waals surface area (Å²) in [6, 6.07) is 2.04. The summed E-state index contributed by atoms with van der Waals surface area (Å²) >= 11 is 1.70. The van der Waals surface area contributed by atoms with Gasteiger partial charge in [0.05, 0.1) is 5.56 Å². The second-order valence-electron chi connectivity index (χ2n) is 5.35. The molecule has 0 fully saturated rings. The minimum atomic E-state index is 0.153. The van der Waals surface area contributed by atoms with Gasteiger partial charge in [-0.15, -0.1) is 11.8 Å². The van der Waals surface area contributed by atoms with E-state index in [4.69, 9.17) is 15.9 Å². The third-order valence-electron chi connectivity index (χ3n) is 3.64. The molecule has 1 heterocycles. The molecule has 0 spiro atoms. The van der Waals surface area contributed by atoms with Crippen LogP contribution >= 0.6 is 11.8 Å². The minimum absolute atomic E-state index is 0.153. The van der Waals surface area contributed by atoms with Gasteiger partial charge < -0.3 is 10.9 Å². The van der Waals surface area contributed by atoms with E-state index in [1.807, 2.05) is 6.07 Å². The second-order valence-corrected chi connectivity index (χ2v) is 6.72. The molecular weight excluding hydrogens is 258 g/mol. The third kappa shape index (κ3) is 3.03. The van der Waals surface area contributed by atoms with Crippen LogP contribution in [-0.2, 0) is 12.8 Å². The molecule has 4 nitrogen and oxygen atoms in total. The van der Waals surface area contributed by atoms with E-state index in [1.165, 1.54) is 11.3 Å². The molecule has 1 aromatic rings. The lowest BCUT2D eigenvalue weighted by Crippen LogP contribution is -2.17. The van der Waals surface area contributed by atoms with Crippen molar-refractivity contribution in [1.82, 2.24) is 4.98 Å². The van der Waals surface area contributed by atoms with Crippen LogP contribution in [0.1, 0.15) is 44.0 Å². The summed E-state index contributed by atoms with van der Waals surface area (Å²) in [7, 11) is 0. The first kappa shape index (κ1) is 14.2. The maximum atomic E-state index is 8.93. The van der Waals surface area contributed by atoms with Gasteiger partial charge in [0.25, 0.3) is 0 Å². The number of hydrogen-bond donors (Lipinski definition) is 2. The Morgan fingerprint density at radius 1 is 1.42 bits per heavy atom. The van der Waals surface area contributed by atoms with Crippen molar-refractivity contribution in [3.8, 4) is 0 Å². The van der Waals surface area contributed by atoms with Crippen molar-refractivity contribution in [3.63, 3.8) is 0 Å². The topological polar surface area (TPSA) is 71.5 Å². The lowest BCUT2D eigenvalue weighted by Gasteiger charge is -2.17. The van der Waals surface area contributed by atoms with Crippen LogP contribution in [0.5, 0.6) is 0 Å². The highest BCUT2D eigenvalue weighted by Crippen LogP contribution is 2.32. The van der Waals surface area contributed by atoms with Gasteiger partial charge in [-0.2, -0.15) is 0 Å². The number of pyridine rings is 1. The van der Waals surface area contributed by atoms with Crippen LogP contribution in [-0.4, -0.2) is 21.3 Å². The quantitative estimate of drug-likeness (QED) is 0.292. The van der Waals surface area contributed by atoms with Gasteiger partial charge in [-0.3, -0.25) is 0 Å². The SMILES string of the molecule is CC(C)C(C)Sc1nc2c(cc1C(N)=NO)CCC2. The molecule has 104 valence electrons. The summed E-state index contributed by atoms with van der Waals surface area (Å²) in [5, 5.41) is 13.4. The third-order valence-corrected chi connectivity index (χ3v) is 5.09. The monoisotopic (exact) mass is 279 g/mol. The Kier molecular flexibility index (Phi) is 4.34. The summed E-state index contributed by atoms with van der Waals surface area (Å²) < 4.78 is 0. The molecular formula is C14H21N3OS. The Morgan fingerprint density at radius 2 is 2.16 bits per heavy atom. The van der Waals surface area contributed by atoms with Crippen molar-refractivity contribution in [2.45, 2.75) is 50.3 Å². The fourth-order valence-corrected chi connectivity index (χ4v) is 3.17. The Balaban J connectivity index is 2.39. The lowest BCUT2D eigenvalue weighted by atomic mass is 10.1. The van der Waals surface area contributed by atoms with E-state index in [9.17, 15) is 0 Å². The smallest absolute Gasteiger partial charge is 0.172 e. The van der Waals surface area contributed by atoms with Crippen molar-refractivity contribution in [3.05, 3.63) is 22.9 Å². The van der Waals surface area contributed by atoms with Crippen LogP contribution in [0.25, 0.3) is 0 Å². The van der Waals surface area contributed by atoms with Crippen LogP contribution in [0.2, 0.25) is 0 Å². The minimum Gasteiger partial charge on any atom is -0.409 e. The molecule has 0 amide bonds. The van der Waals surface area contributed by atoms with Crippen molar-refractivity contribution in [1.29, 1.82) is 0 Å². The molecule has 0 bridgehead atoms. The molecule has 1 unspecified atom stereocenters. The van der Waals surface area contributed by atoms with Crippen LogP contribution in [0.3, 0.4) is 0 Å². The predicted molar refractivity (Wildman–Crippen MR) is 78.9 cm³/mol. The Bertz CT molecular complexity index is 500. The average Bonchev–Trinajstić information content (AvgIpc) is 2.83. The number of amidine groups is 1. The Morgan fingerprint density at radius 3 is 2.79 bits per heavy atom. The number of aryl methyl sites for hydroxylation is 2. The number of hydrogen-bond acceptors (Lipinski definition) is 4. The molecule has 5 heteroatoms. The first-order valence-corrected chi connectivity index (χ1v) is 7.58. The van der Waals surface area contributed by atoms with E-state index in [-0.39, 0.29) is 5.84 Å². The predicted octanol–water partition coefficient (Wildman–Crippen LogP) is 2.80. The summed E-state index contributed by atoms with van der Waals surface area (Å²) in [5.41, 5.74) is 8.97. The normalized spacial score (nSPS) is 16.7. The van der Waals surface area contributed by atoms with Gasteiger partial charge in [-0.25, -0.2) is 4.98 Å². The highest BCUT2D eigenvalue weighted by atomic mass is 32.2. The number of nitrogens with two attached hydrogens (primary N) is 1. The number of rotatable bonds is 4. The maximum absolute atomic E-state index is 8.93. The number of oxime groups is 1. The molecule has 0 aromatic carbocycles. The van der Waals surface area contributed by atoms with Crippen LogP contribution in [0, 0.1) is 5.92 Å². The van der Waals surface area contributed by atoms with Crippen LogP contribution in [0.4, 0.5) is 0 Å². The summed E-state index contributed by atoms with van der Waals surface area (Å²) in [6.45, 7) is 6.56. The second kappa shape index (κ2) is 5.82. The van der Waals surface area contributed by atoms with Gasteiger partial charge >= 0.3 is 0 Å². The van der Waals surface area contributed by atoms with E-state index < -0.39 is 0 Å². The van der Waals surface area contributed by atoms with E-state index >= 15 is 0 Å². The number of nitrogens with zero attached hydrogens (tertiary/aromatic N) is 2. The summed E-state index contributed by atoms with van der Waals surface area (Å²) in [5.74, 6) is 0.709. The fourth-order valence-electron chi connectivity index (χ4n) is 2.09. The fraction of sp³-hybridized carbons (Fsp3) is 0.571. The van der Waals surface area contributed by atoms with Crippen LogP contribution < -0.4 is 5.73 Å². The maximum Gasteiger partial charge on any atom is 0.172 e. The van der Waals surface area contributed by atoms with Crippen LogP contribution in [0.15, 0.2) is 16.2 Å². The molecule has 1 aromatic heterocycles. The van der Waals surface area contributed by atoms with Gasteiger partial charge in [-0.05, 0) is 36.8 Å². The molecule has 1 atom stereocenters.